The fourth-order valence-electron chi connectivity index (χ4n) is 2.82. The van der Waals surface area contributed by atoms with Gasteiger partial charge < -0.3 is 10.4 Å². The largest absolute Gasteiger partial charge is 0.480 e. The van der Waals surface area contributed by atoms with Crippen LogP contribution in [0.25, 0.3) is 0 Å². The second-order valence-electron chi connectivity index (χ2n) is 5.38. The molecular formula is C13H17N3O3. The Hall–Kier alpha value is -1.85. The highest BCUT2D eigenvalue weighted by atomic mass is 16.4. The predicted molar refractivity (Wildman–Crippen MR) is 66.8 cm³/mol. The van der Waals surface area contributed by atoms with Crippen LogP contribution in [-0.4, -0.2) is 32.3 Å². The number of carbonyl (C=O) groups is 2. The maximum Gasteiger partial charge on any atom is 0.329 e. The third kappa shape index (κ3) is 1.91. The molecule has 3 rings (SSSR count). The van der Waals surface area contributed by atoms with E-state index in [1.165, 1.54) is 0 Å². The number of carboxylic acids is 1. The summed E-state index contributed by atoms with van der Waals surface area (Å²) < 4.78 is 1.85. The van der Waals surface area contributed by atoms with Crippen LogP contribution in [0.4, 0.5) is 0 Å². The standard InChI is InChI=1S/C13H17N3O3/c17-11(15-13(12(18)19)5-3-6-13)9-8-14-16-7-2-1-4-10(9)16/h8H,1-7H2,(H,15,17)(H,18,19). The van der Waals surface area contributed by atoms with E-state index >= 15 is 0 Å². The molecule has 0 aromatic carbocycles. The van der Waals surface area contributed by atoms with Crippen molar-refractivity contribution in [2.24, 2.45) is 0 Å². The Morgan fingerprint density at radius 1 is 1.32 bits per heavy atom. The number of aliphatic carboxylic acids is 1. The van der Waals surface area contributed by atoms with Crippen LogP contribution in [0.2, 0.25) is 0 Å². The van der Waals surface area contributed by atoms with Gasteiger partial charge >= 0.3 is 5.97 Å². The number of fused-ring (bicyclic) bond motifs is 1. The van der Waals surface area contributed by atoms with Crippen LogP contribution in [0.3, 0.4) is 0 Å². The Morgan fingerprint density at radius 3 is 2.74 bits per heavy atom. The normalized spacial score (nSPS) is 20.2. The van der Waals surface area contributed by atoms with Gasteiger partial charge in [0.2, 0.25) is 0 Å². The lowest BCUT2D eigenvalue weighted by atomic mass is 9.76. The summed E-state index contributed by atoms with van der Waals surface area (Å²) in [6, 6.07) is 0. The predicted octanol–water partition coefficient (Wildman–Crippen LogP) is 0.956. The van der Waals surface area contributed by atoms with Crippen LogP contribution in [0.5, 0.6) is 0 Å². The average Bonchev–Trinajstić information content (AvgIpc) is 2.77. The van der Waals surface area contributed by atoms with E-state index in [9.17, 15) is 14.7 Å². The molecule has 0 radical (unpaired) electrons. The van der Waals surface area contributed by atoms with Gasteiger partial charge in [-0.3, -0.25) is 9.48 Å². The fourth-order valence-corrected chi connectivity index (χ4v) is 2.82. The first-order valence-electron chi connectivity index (χ1n) is 6.73. The number of carboxylic acid groups (broad SMARTS) is 1. The first-order valence-corrected chi connectivity index (χ1v) is 6.73. The summed E-state index contributed by atoms with van der Waals surface area (Å²) in [6.45, 7) is 0.840. The first kappa shape index (κ1) is 12.2. The quantitative estimate of drug-likeness (QED) is 0.850. The Labute approximate surface area is 110 Å². The van der Waals surface area contributed by atoms with Crippen molar-refractivity contribution in [3.05, 3.63) is 17.5 Å². The number of hydrogen-bond acceptors (Lipinski definition) is 3. The van der Waals surface area contributed by atoms with E-state index in [0.717, 1.165) is 37.9 Å². The van der Waals surface area contributed by atoms with Gasteiger partial charge in [-0.2, -0.15) is 5.10 Å². The molecule has 2 N–H and O–H groups in total. The van der Waals surface area contributed by atoms with Crippen molar-refractivity contribution in [3.63, 3.8) is 0 Å². The van der Waals surface area contributed by atoms with Crippen molar-refractivity contribution < 1.29 is 14.7 Å². The molecule has 1 saturated carbocycles. The van der Waals surface area contributed by atoms with Crippen LogP contribution < -0.4 is 5.32 Å². The summed E-state index contributed by atoms with van der Waals surface area (Å²) in [4.78, 5) is 23.5. The molecular weight excluding hydrogens is 246 g/mol. The van der Waals surface area contributed by atoms with E-state index in [2.05, 4.69) is 10.4 Å². The molecule has 1 aromatic heterocycles. The van der Waals surface area contributed by atoms with Gasteiger partial charge in [0.15, 0.2) is 0 Å². The van der Waals surface area contributed by atoms with Crippen LogP contribution >= 0.6 is 0 Å². The number of carbonyl (C=O) groups excluding carboxylic acids is 1. The van der Waals surface area contributed by atoms with E-state index in [4.69, 9.17) is 0 Å². The highest BCUT2D eigenvalue weighted by Crippen LogP contribution is 2.32. The van der Waals surface area contributed by atoms with Crippen molar-refractivity contribution in [2.75, 3.05) is 0 Å². The van der Waals surface area contributed by atoms with E-state index in [1.54, 1.807) is 6.20 Å². The molecule has 19 heavy (non-hydrogen) atoms. The Balaban J connectivity index is 1.81. The summed E-state index contributed by atoms with van der Waals surface area (Å²) in [5.41, 5.74) is 0.413. The van der Waals surface area contributed by atoms with Crippen LogP contribution in [0.15, 0.2) is 6.20 Å². The molecule has 0 atom stereocenters. The molecule has 1 aromatic rings. The van der Waals surface area contributed by atoms with Crippen molar-refractivity contribution in [2.45, 2.75) is 50.6 Å². The zero-order valence-electron chi connectivity index (χ0n) is 10.7. The molecule has 0 unspecified atom stereocenters. The molecule has 102 valence electrons. The summed E-state index contributed by atoms with van der Waals surface area (Å²) in [5, 5.41) is 16.1. The van der Waals surface area contributed by atoms with E-state index in [1.807, 2.05) is 4.68 Å². The van der Waals surface area contributed by atoms with E-state index in [0.29, 0.717) is 18.4 Å². The molecule has 0 bridgehead atoms. The van der Waals surface area contributed by atoms with Crippen molar-refractivity contribution in [3.8, 4) is 0 Å². The van der Waals surface area contributed by atoms with Gasteiger partial charge in [-0.15, -0.1) is 0 Å². The number of nitrogens with one attached hydrogen (secondary N) is 1. The van der Waals surface area contributed by atoms with Crippen LogP contribution in [0, 0.1) is 0 Å². The van der Waals surface area contributed by atoms with Crippen molar-refractivity contribution >= 4 is 11.9 Å². The number of nitrogens with zero attached hydrogens (tertiary/aromatic N) is 2. The number of rotatable bonds is 3. The second-order valence-corrected chi connectivity index (χ2v) is 5.38. The highest BCUT2D eigenvalue weighted by molar-refractivity contribution is 5.98. The van der Waals surface area contributed by atoms with Gasteiger partial charge in [0.1, 0.15) is 5.54 Å². The topological polar surface area (TPSA) is 84.2 Å². The summed E-state index contributed by atoms with van der Waals surface area (Å²) in [7, 11) is 0. The maximum atomic E-state index is 12.3. The molecule has 0 spiro atoms. The molecule has 1 amide bonds. The fraction of sp³-hybridized carbons (Fsp3) is 0.615. The van der Waals surface area contributed by atoms with Crippen molar-refractivity contribution in [1.29, 1.82) is 0 Å². The molecule has 6 nitrogen and oxygen atoms in total. The molecule has 1 fully saturated rings. The Kier molecular flexibility index (Phi) is 2.80. The number of aryl methyl sites for hydroxylation is 1. The maximum absolute atomic E-state index is 12.3. The highest BCUT2D eigenvalue weighted by Gasteiger charge is 2.46. The zero-order chi connectivity index (χ0) is 13.5. The zero-order valence-corrected chi connectivity index (χ0v) is 10.7. The monoisotopic (exact) mass is 263 g/mol. The summed E-state index contributed by atoms with van der Waals surface area (Å²) >= 11 is 0. The lowest BCUT2D eigenvalue weighted by Gasteiger charge is -2.38. The minimum absolute atomic E-state index is 0.301. The van der Waals surface area contributed by atoms with Gasteiger partial charge in [-0.1, -0.05) is 0 Å². The lowest BCUT2D eigenvalue weighted by Crippen LogP contribution is -2.59. The van der Waals surface area contributed by atoms with Crippen molar-refractivity contribution in [1.82, 2.24) is 15.1 Å². The molecule has 0 saturated heterocycles. The SMILES string of the molecule is O=C(NC1(C(=O)O)CCC1)c1cnn2c1CCCC2. The summed E-state index contributed by atoms with van der Waals surface area (Å²) in [6.07, 6.45) is 6.39. The first-order chi connectivity index (χ1) is 9.12. The molecule has 2 heterocycles. The molecule has 6 heteroatoms. The second kappa shape index (κ2) is 4.36. The Morgan fingerprint density at radius 2 is 2.11 bits per heavy atom. The minimum Gasteiger partial charge on any atom is -0.480 e. The van der Waals surface area contributed by atoms with Gasteiger partial charge in [-0.25, -0.2) is 4.79 Å². The molecule has 1 aliphatic heterocycles. The molecule has 2 aliphatic rings. The van der Waals surface area contributed by atoms with Crippen LogP contribution in [0.1, 0.15) is 48.2 Å². The number of amides is 1. The van der Waals surface area contributed by atoms with Gasteiger partial charge in [-0.05, 0) is 38.5 Å². The number of aromatic nitrogens is 2. The molecule has 1 aliphatic carbocycles. The lowest BCUT2D eigenvalue weighted by molar-refractivity contribution is -0.148. The number of hydrogen-bond donors (Lipinski definition) is 2. The Bertz CT molecular complexity index is 531. The van der Waals surface area contributed by atoms with Crippen LogP contribution in [-0.2, 0) is 17.8 Å². The van der Waals surface area contributed by atoms with Gasteiger partial charge in [0.05, 0.1) is 17.5 Å². The third-order valence-electron chi connectivity index (χ3n) is 4.20. The van der Waals surface area contributed by atoms with E-state index in [-0.39, 0.29) is 5.91 Å². The van der Waals surface area contributed by atoms with Gasteiger partial charge in [0.25, 0.3) is 5.91 Å². The third-order valence-corrected chi connectivity index (χ3v) is 4.20. The van der Waals surface area contributed by atoms with Gasteiger partial charge in [0, 0.05) is 6.54 Å². The summed E-state index contributed by atoms with van der Waals surface area (Å²) in [5.74, 6) is -1.24. The van der Waals surface area contributed by atoms with E-state index < -0.39 is 11.5 Å². The smallest absolute Gasteiger partial charge is 0.329 e. The average molecular weight is 263 g/mol. The minimum atomic E-state index is -1.05.